The Kier molecular flexibility index (Phi) is 8.44. The molecule has 2 unspecified atom stereocenters. The van der Waals surface area contributed by atoms with Gasteiger partial charge in [0, 0.05) is 43.9 Å². The standard InChI is InChI=1S/C32H37N7O4/c33-14-21(27-18-36-25-3-1-2-4-26(25)37-27)17-34-15-19-5-7-20(8-6-19)16-35-22-9-10-23-24(13-22)32(43)39(31(23)42)28-11-12-29(40)38-30(28)41/h1-4,9-10,13,18-21,28,34-35H,5-8,11-12,14-17,33H2,(H,38,40,41). The molecule has 1 saturated heterocycles. The molecule has 5 N–H and O–H groups in total. The normalized spacial score (nSPS) is 22.9. The van der Waals surface area contributed by atoms with E-state index in [4.69, 9.17) is 10.7 Å². The van der Waals surface area contributed by atoms with Crippen molar-refractivity contribution in [2.45, 2.75) is 50.5 Å². The topological polar surface area (TPSA) is 159 Å². The van der Waals surface area contributed by atoms with Gasteiger partial charge in [0.25, 0.3) is 11.8 Å². The fraction of sp³-hybridized carbons (Fsp3) is 0.438. The van der Waals surface area contributed by atoms with E-state index in [0.717, 1.165) is 72.6 Å². The summed E-state index contributed by atoms with van der Waals surface area (Å²) in [4.78, 5) is 60.1. The van der Waals surface area contributed by atoms with Crippen LogP contribution in [0.1, 0.15) is 70.9 Å². The first-order valence-electron chi connectivity index (χ1n) is 15.1. The molecule has 0 spiro atoms. The molecule has 0 radical (unpaired) electrons. The van der Waals surface area contributed by atoms with E-state index < -0.39 is 23.8 Å². The number of carbonyl (C=O) groups is 4. The fourth-order valence-corrected chi connectivity index (χ4v) is 6.42. The van der Waals surface area contributed by atoms with Crippen LogP contribution in [0.5, 0.6) is 0 Å². The molecule has 3 aromatic rings. The molecule has 1 aliphatic carbocycles. The lowest BCUT2D eigenvalue weighted by molar-refractivity contribution is -0.136. The van der Waals surface area contributed by atoms with Crippen LogP contribution in [0.4, 0.5) is 5.69 Å². The lowest BCUT2D eigenvalue weighted by Crippen LogP contribution is -2.54. The molecule has 2 aliphatic heterocycles. The van der Waals surface area contributed by atoms with Crippen LogP contribution in [0.3, 0.4) is 0 Å². The smallest absolute Gasteiger partial charge is 0.262 e. The number of nitrogens with one attached hydrogen (secondary N) is 3. The van der Waals surface area contributed by atoms with Gasteiger partial charge in [-0.2, -0.15) is 0 Å². The molecule has 11 heteroatoms. The van der Waals surface area contributed by atoms with Crippen molar-refractivity contribution >= 4 is 40.3 Å². The number of nitrogens with zero attached hydrogens (tertiary/aromatic N) is 3. The number of aromatic nitrogens is 2. The molecule has 2 aromatic carbocycles. The number of nitrogens with two attached hydrogens (primary N) is 1. The third-order valence-corrected chi connectivity index (χ3v) is 8.99. The van der Waals surface area contributed by atoms with Gasteiger partial charge in [-0.3, -0.25) is 34.4 Å². The first kappa shape index (κ1) is 28.9. The third-order valence-electron chi connectivity index (χ3n) is 8.99. The highest BCUT2D eigenvalue weighted by atomic mass is 16.2. The SMILES string of the molecule is NCC(CNCC1CCC(CNc2ccc3c(c2)C(=O)N(C2CCC(=O)NC2=O)C3=O)CC1)c1cnc2ccccc2n1. The Morgan fingerprint density at radius 3 is 2.37 bits per heavy atom. The van der Waals surface area contributed by atoms with Crippen LogP contribution in [-0.2, 0) is 9.59 Å². The molecule has 4 amide bonds. The average Bonchev–Trinajstić information content (AvgIpc) is 3.27. The van der Waals surface area contributed by atoms with Gasteiger partial charge in [-0.15, -0.1) is 0 Å². The number of benzene rings is 2. The molecular weight excluding hydrogens is 546 g/mol. The van der Waals surface area contributed by atoms with Gasteiger partial charge in [-0.05, 0) is 80.8 Å². The Morgan fingerprint density at radius 1 is 0.907 bits per heavy atom. The number of amides is 4. The van der Waals surface area contributed by atoms with Crippen LogP contribution in [0.2, 0.25) is 0 Å². The van der Waals surface area contributed by atoms with E-state index in [9.17, 15) is 19.2 Å². The van der Waals surface area contributed by atoms with Crippen LogP contribution in [0, 0.1) is 11.8 Å². The number of para-hydroxylation sites is 2. The number of fused-ring (bicyclic) bond motifs is 2. The number of piperidine rings is 1. The number of hydrogen-bond donors (Lipinski definition) is 4. The second-order valence-corrected chi connectivity index (χ2v) is 11.8. The number of rotatable bonds is 10. The highest BCUT2D eigenvalue weighted by Gasteiger charge is 2.44. The monoisotopic (exact) mass is 583 g/mol. The minimum Gasteiger partial charge on any atom is -0.385 e. The molecule has 3 aliphatic rings. The second kappa shape index (κ2) is 12.6. The molecule has 2 fully saturated rings. The van der Waals surface area contributed by atoms with E-state index in [1.165, 1.54) is 0 Å². The van der Waals surface area contributed by atoms with Crippen molar-refractivity contribution in [2.75, 3.05) is 31.5 Å². The molecule has 2 atom stereocenters. The van der Waals surface area contributed by atoms with Crippen molar-refractivity contribution in [1.82, 2.24) is 25.5 Å². The maximum absolute atomic E-state index is 13.1. The first-order valence-corrected chi connectivity index (χ1v) is 15.1. The maximum atomic E-state index is 13.1. The second-order valence-electron chi connectivity index (χ2n) is 11.8. The molecule has 1 saturated carbocycles. The summed E-state index contributed by atoms with van der Waals surface area (Å²) in [6.07, 6.45) is 6.59. The predicted molar refractivity (Wildman–Crippen MR) is 161 cm³/mol. The van der Waals surface area contributed by atoms with Crippen molar-refractivity contribution in [1.29, 1.82) is 0 Å². The minimum atomic E-state index is -0.959. The summed E-state index contributed by atoms with van der Waals surface area (Å²) >= 11 is 0. The highest BCUT2D eigenvalue weighted by Crippen LogP contribution is 2.31. The Labute approximate surface area is 250 Å². The van der Waals surface area contributed by atoms with Crippen molar-refractivity contribution in [3.8, 4) is 0 Å². The lowest BCUT2D eigenvalue weighted by atomic mass is 9.82. The molecule has 3 heterocycles. The summed E-state index contributed by atoms with van der Waals surface area (Å²) in [6.45, 7) is 3.01. The molecule has 0 bridgehead atoms. The predicted octanol–water partition coefficient (Wildman–Crippen LogP) is 2.58. The van der Waals surface area contributed by atoms with Gasteiger partial charge >= 0.3 is 0 Å². The van der Waals surface area contributed by atoms with Crippen molar-refractivity contribution in [3.05, 3.63) is 65.5 Å². The molecule has 43 heavy (non-hydrogen) atoms. The van der Waals surface area contributed by atoms with Crippen LogP contribution in [0.15, 0.2) is 48.7 Å². The average molecular weight is 584 g/mol. The summed E-state index contributed by atoms with van der Waals surface area (Å²) in [7, 11) is 0. The zero-order valence-electron chi connectivity index (χ0n) is 24.1. The number of hydrogen-bond acceptors (Lipinski definition) is 9. The van der Waals surface area contributed by atoms with E-state index >= 15 is 0 Å². The van der Waals surface area contributed by atoms with Gasteiger partial charge in [0.1, 0.15) is 6.04 Å². The Morgan fingerprint density at radius 2 is 1.63 bits per heavy atom. The zero-order chi connectivity index (χ0) is 29.9. The number of anilines is 1. The number of imide groups is 2. The Hall–Kier alpha value is -4.22. The number of carbonyl (C=O) groups excluding carboxylic acids is 4. The van der Waals surface area contributed by atoms with Gasteiger partial charge in [0.2, 0.25) is 11.8 Å². The van der Waals surface area contributed by atoms with Gasteiger partial charge in [0.05, 0.1) is 27.9 Å². The molecule has 1 aromatic heterocycles. The molecule has 11 nitrogen and oxygen atoms in total. The highest BCUT2D eigenvalue weighted by molar-refractivity contribution is 6.23. The van der Waals surface area contributed by atoms with Gasteiger partial charge in [0.15, 0.2) is 0 Å². The van der Waals surface area contributed by atoms with Crippen LogP contribution in [0.25, 0.3) is 11.0 Å². The summed E-state index contributed by atoms with van der Waals surface area (Å²) in [5, 5.41) is 9.30. The lowest BCUT2D eigenvalue weighted by Gasteiger charge is -2.29. The largest absolute Gasteiger partial charge is 0.385 e. The van der Waals surface area contributed by atoms with E-state index in [0.29, 0.717) is 23.9 Å². The van der Waals surface area contributed by atoms with Gasteiger partial charge in [-0.25, -0.2) is 4.98 Å². The van der Waals surface area contributed by atoms with Gasteiger partial charge in [-0.1, -0.05) is 12.1 Å². The van der Waals surface area contributed by atoms with Crippen molar-refractivity contribution < 1.29 is 19.2 Å². The quantitative estimate of drug-likeness (QED) is 0.263. The summed E-state index contributed by atoms with van der Waals surface area (Å²) in [5.41, 5.74) is 10.1. The van der Waals surface area contributed by atoms with E-state index in [1.807, 2.05) is 30.5 Å². The summed E-state index contributed by atoms with van der Waals surface area (Å²) in [5.74, 6) is -0.726. The molecular formula is C32H37N7O4. The summed E-state index contributed by atoms with van der Waals surface area (Å²) < 4.78 is 0. The minimum absolute atomic E-state index is 0.101. The van der Waals surface area contributed by atoms with Crippen molar-refractivity contribution in [2.24, 2.45) is 17.6 Å². The fourth-order valence-electron chi connectivity index (χ4n) is 6.42. The van der Waals surface area contributed by atoms with E-state index in [-0.39, 0.29) is 30.2 Å². The van der Waals surface area contributed by atoms with E-state index in [1.54, 1.807) is 18.2 Å². The molecule has 224 valence electrons. The third kappa shape index (κ3) is 6.14. The first-order chi connectivity index (χ1) is 20.9. The van der Waals surface area contributed by atoms with Crippen molar-refractivity contribution in [3.63, 3.8) is 0 Å². The van der Waals surface area contributed by atoms with Gasteiger partial charge < -0.3 is 16.4 Å². The summed E-state index contributed by atoms with van der Waals surface area (Å²) in [6, 6.07) is 12.1. The Balaban J connectivity index is 0.957. The molecule has 6 rings (SSSR count). The van der Waals surface area contributed by atoms with Crippen LogP contribution in [-0.4, -0.2) is 70.7 Å². The van der Waals surface area contributed by atoms with Crippen LogP contribution >= 0.6 is 0 Å². The Bertz CT molecular complexity index is 1550. The maximum Gasteiger partial charge on any atom is 0.262 e. The van der Waals surface area contributed by atoms with Crippen LogP contribution < -0.4 is 21.7 Å². The zero-order valence-corrected chi connectivity index (χ0v) is 24.1. The van der Waals surface area contributed by atoms with E-state index in [2.05, 4.69) is 20.9 Å².